The van der Waals surface area contributed by atoms with E-state index in [-0.39, 0.29) is 24.6 Å². The van der Waals surface area contributed by atoms with Gasteiger partial charge in [0.25, 0.3) is 0 Å². The smallest absolute Gasteiger partial charge is 0.311 e. The maximum Gasteiger partial charge on any atom is 0.417 e. The standard InChI is InChI=1S/C12H8ClF3N2O/c13-8-3-11(19)18(6-8)9-2-1-7(5-17)10(4-9)12(14,15)16/h1-2,4,8H,3,6H2. The number of alkyl halides is 4. The van der Waals surface area contributed by atoms with Gasteiger partial charge >= 0.3 is 6.18 Å². The van der Waals surface area contributed by atoms with Crippen molar-refractivity contribution in [3.63, 3.8) is 0 Å². The van der Waals surface area contributed by atoms with Crippen LogP contribution in [0.4, 0.5) is 18.9 Å². The highest BCUT2D eigenvalue weighted by atomic mass is 35.5. The maximum absolute atomic E-state index is 12.8. The van der Waals surface area contributed by atoms with E-state index < -0.39 is 22.7 Å². The summed E-state index contributed by atoms with van der Waals surface area (Å²) in [6.45, 7) is 0.170. The molecule has 2 rings (SSSR count). The Kier molecular flexibility index (Phi) is 3.42. The van der Waals surface area contributed by atoms with Gasteiger partial charge in [-0.05, 0) is 18.2 Å². The first-order valence-electron chi connectivity index (χ1n) is 5.38. The average Bonchev–Trinajstić information content (AvgIpc) is 2.66. The predicted octanol–water partition coefficient (Wildman–Crippen LogP) is 2.92. The lowest BCUT2D eigenvalue weighted by atomic mass is 10.1. The predicted molar refractivity (Wildman–Crippen MR) is 62.8 cm³/mol. The van der Waals surface area contributed by atoms with Crippen molar-refractivity contribution in [2.45, 2.75) is 18.0 Å². The van der Waals surface area contributed by atoms with E-state index in [0.717, 1.165) is 12.1 Å². The molecule has 1 fully saturated rings. The SMILES string of the molecule is N#Cc1ccc(N2CC(Cl)CC2=O)cc1C(F)(F)F. The molecule has 7 heteroatoms. The Morgan fingerprint density at radius 3 is 2.58 bits per heavy atom. The van der Waals surface area contributed by atoms with E-state index in [0.29, 0.717) is 0 Å². The molecule has 0 radical (unpaired) electrons. The van der Waals surface area contributed by atoms with Crippen LogP contribution in [0, 0.1) is 11.3 Å². The van der Waals surface area contributed by atoms with Crippen molar-refractivity contribution >= 4 is 23.2 Å². The molecule has 1 heterocycles. The Hall–Kier alpha value is -1.74. The van der Waals surface area contributed by atoms with Crippen LogP contribution in [0.15, 0.2) is 18.2 Å². The zero-order valence-electron chi connectivity index (χ0n) is 9.54. The van der Waals surface area contributed by atoms with Gasteiger partial charge in [0.05, 0.1) is 22.6 Å². The Labute approximate surface area is 112 Å². The van der Waals surface area contributed by atoms with Crippen LogP contribution in [-0.4, -0.2) is 17.8 Å². The number of nitrogens with zero attached hydrogens (tertiary/aromatic N) is 2. The van der Waals surface area contributed by atoms with Crippen molar-refractivity contribution in [2.24, 2.45) is 0 Å². The molecule has 0 spiro atoms. The second-order valence-corrected chi connectivity index (χ2v) is 4.76. The number of halogens is 4. The number of carbonyl (C=O) groups excluding carboxylic acids is 1. The largest absolute Gasteiger partial charge is 0.417 e. The molecule has 3 nitrogen and oxygen atoms in total. The van der Waals surface area contributed by atoms with Crippen molar-refractivity contribution in [1.82, 2.24) is 0 Å². The number of nitriles is 1. The van der Waals surface area contributed by atoms with E-state index in [1.807, 2.05) is 0 Å². The number of benzene rings is 1. The zero-order chi connectivity index (χ0) is 14.2. The van der Waals surface area contributed by atoms with E-state index in [4.69, 9.17) is 16.9 Å². The molecule has 1 aliphatic heterocycles. The third-order valence-electron chi connectivity index (χ3n) is 2.82. The average molecular weight is 289 g/mol. The summed E-state index contributed by atoms with van der Waals surface area (Å²) < 4.78 is 38.4. The summed E-state index contributed by atoms with van der Waals surface area (Å²) in [6.07, 6.45) is -4.53. The zero-order valence-corrected chi connectivity index (χ0v) is 10.3. The normalized spacial score (nSPS) is 19.6. The third kappa shape index (κ3) is 2.66. The highest BCUT2D eigenvalue weighted by Crippen LogP contribution is 2.35. The van der Waals surface area contributed by atoms with Gasteiger partial charge in [-0.3, -0.25) is 4.79 Å². The Balaban J connectivity index is 2.45. The molecule has 1 aromatic carbocycles. The van der Waals surface area contributed by atoms with Crippen LogP contribution in [0.3, 0.4) is 0 Å². The van der Waals surface area contributed by atoms with Gasteiger partial charge in [-0.2, -0.15) is 18.4 Å². The number of carbonyl (C=O) groups is 1. The lowest BCUT2D eigenvalue weighted by molar-refractivity contribution is -0.137. The quantitative estimate of drug-likeness (QED) is 0.746. The summed E-state index contributed by atoms with van der Waals surface area (Å²) in [7, 11) is 0. The number of amides is 1. The van der Waals surface area contributed by atoms with Gasteiger partial charge in [0, 0.05) is 18.7 Å². The molecule has 1 amide bonds. The number of hydrogen-bond donors (Lipinski definition) is 0. The minimum absolute atomic E-state index is 0.100. The fraction of sp³-hybridized carbons (Fsp3) is 0.333. The first-order chi connectivity index (χ1) is 8.82. The van der Waals surface area contributed by atoms with Crippen LogP contribution >= 0.6 is 11.6 Å². The molecule has 0 aromatic heterocycles. The van der Waals surface area contributed by atoms with E-state index in [9.17, 15) is 18.0 Å². The summed E-state index contributed by atoms with van der Waals surface area (Å²) in [5, 5.41) is 8.28. The highest BCUT2D eigenvalue weighted by molar-refractivity contribution is 6.24. The Morgan fingerprint density at radius 1 is 1.42 bits per heavy atom. The maximum atomic E-state index is 12.8. The van der Waals surface area contributed by atoms with Crippen LogP contribution in [0.1, 0.15) is 17.5 Å². The second-order valence-electron chi connectivity index (χ2n) is 4.15. The van der Waals surface area contributed by atoms with Crippen molar-refractivity contribution in [2.75, 3.05) is 11.4 Å². The summed E-state index contributed by atoms with van der Waals surface area (Å²) in [5.74, 6) is -0.321. The molecule has 1 atom stereocenters. The second kappa shape index (κ2) is 4.74. The fourth-order valence-corrected chi connectivity index (χ4v) is 2.22. The lowest BCUT2D eigenvalue weighted by Gasteiger charge is -2.18. The van der Waals surface area contributed by atoms with E-state index in [2.05, 4.69) is 0 Å². The van der Waals surface area contributed by atoms with Crippen LogP contribution < -0.4 is 4.90 Å². The molecule has 1 aliphatic rings. The van der Waals surface area contributed by atoms with Gasteiger partial charge in [-0.25, -0.2) is 0 Å². The van der Waals surface area contributed by atoms with Gasteiger partial charge in [-0.1, -0.05) is 0 Å². The van der Waals surface area contributed by atoms with Crippen LogP contribution in [0.2, 0.25) is 0 Å². The molecular formula is C12H8ClF3N2O. The molecular weight excluding hydrogens is 281 g/mol. The number of anilines is 1. The Morgan fingerprint density at radius 2 is 2.11 bits per heavy atom. The van der Waals surface area contributed by atoms with Gasteiger partial charge < -0.3 is 4.90 Å². The number of hydrogen-bond acceptors (Lipinski definition) is 2. The molecule has 100 valence electrons. The topological polar surface area (TPSA) is 44.1 Å². The first-order valence-corrected chi connectivity index (χ1v) is 5.82. The van der Waals surface area contributed by atoms with Crippen LogP contribution in [-0.2, 0) is 11.0 Å². The highest BCUT2D eigenvalue weighted by Gasteiger charge is 2.36. The first kappa shape index (κ1) is 13.7. The van der Waals surface area contributed by atoms with Crippen molar-refractivity contribution in [1.29, 1.82) is 5.26 Å². The van der Waals surface area contributed by atoms with Gasteiger partial charge in [0.2, 0.25) is 5.91 Å². The molecule has 0 saturated carbocycles. The Bertz CT molecular complexity index is 565. The monoisotopic (exact) mass is 288 g/mol. The van der Waals surface area contributed by atoms with Crippen molar-refractivity contribution < 1.29 is 18.0 Å². The molecule has 1 unspecified atom stereocenters. The van der Waals surface area contributed by atoms with Crippen molar-refractivity contribution in [3.8, 4) is 6.07 Å². The lowest BCUT2D eigenvalue weighted by Crippen LogP contribution is -2.25. The van der Waals surface area contributed by atoms with Gasteiger partial charge in [-0.15, -0.1) is 11.6 Å². The molecule has 1 saturated heterocycles. The fourth-order valence-electron chi connectivity index (χ4n) is 1.95. The van der Waals surface area contributed by atoms with Gasteiger partial charge in [0.1, 0.15) is 0 Å². The molecule has 19 heavy (non-hydrogen) atoms. The summed E-state index contributed by atoms with van der Waals surface area (Å²) in [6, 6.07) is 4.68. The molecule has 0 N–H and O–H groups in total. The summed E-state index contributed by atoms with van der Waals surface area (Å²) >= 11 is 5.80. The van der Waals surface area contributed by atoms with Crippen LogP contribution in [0.25, 0.3) is 0 Å². The molecule has 0 bridgehead atoms. The minimum atomic E-state index is -4.63. The summed E-state index contributed by atoms with van der Waals surface area (Å²) in [5.41, 5.74) is -1.40. The third-order valence-corrected chi connectivity index (χ3v) is 3.11. The van der Waals surface area contributed by atoms with Gasteiger partial charge in [0.15, 0.2) is 0 Å². The number of rotatable bonds is 1. The van der Waals surface area contributed by atoms with E-state index in [1.165, 1.54) is 17.0 Å². The van der Waals surface area contributed by atoms with Crippen LogP contribution in [0.5, 0.6) is 0 Å². The minimum Gasteiger partial charge on any atom is -0.311 e. The molecule has 1 aromatic rings. The molecule has 0 aliphatic carbocycles. The van der Waals surface area contributed by atoms with E-state index in [1.54, 1.807) is 0 Å². The van der Waals surface area contributed by atoms with E-state index >= 15 is 0 Å². The summed E-state index contributed by atoms with van der Waals surface area (Å²) in [4.78, 5) is 12.8. The van der Waals surface area contributed by atoms with Crippen molar-refractivity contribution in [3.05, 3.63) is 29.3 Å².